The van der Waals surface area contributed by atoms with E-state index in [0.29, 0.717) is 28.8 Å². The number of carbonyl (C=O) groups is 1. The van der Waals surface area contributed by atoms with Gasteiger partial charge in [0.1, 0.15) is 5.75 Å². The van der Waals surface area contributed by atoms with Crippen molar-refractivity contribution in [2.24, 2.45) is 0 Å². The Kier molecular flexibility index (Phi) is 7.37. The first-order valence-electron chi connectivity index (χ1n) is 15.6. The fourth-order valence-corrected chi connectivity index (χ4v) is 7.80. The maximum absolute atomic E-state index is 13.2. The Morgan fingerprint density at radius 1 is 0.911 bits per heavy atom. The van der Waals surface area contributed by atoms with Gasteiger partial charge in [-0.05, 0) is 110 Å². The minimum absolute atomic E-state index is 0.123. The number of ether oxygens (including phenoxy) is 4. The van der Waals surface area contributed by atoms with Gasteiger partial charge in [-0.3, -0.25) is 14.6 Å². The van der Waals surface area contributed by atoms with Gasteiger partial charge >= 0.3 is 0 Å². The van der Waals surface area contributed by atoms with Crippen LogP contribution in [0, 0.1) is 0 Å². The Morgan fingerprint density at radius 3 is 2.36 bits per heavy atom. The SMILES string of the molecule is COc1cc2c(cc1O)C(Cc1ccc(OC3=CC4(C=CC3=O)CC3c5c(cc(OC)c(OC)c54)CCN3C)cc1)N(C)CC2. The molecule has 0 fully saturated rings. The van der Waals surface area contributed by atoms with Crippen LogP contribution in [0.15, 0.2) is 66.5 Å². The molecule has 3 unspecified atom stereocenters. The molecule has 1 spiro atoms. The zero-order valence-electron chi connectivity index (χ0n) is 26.6. The molecule has 2 aliphatic carbocycles. The molecule has 8 nitrogen and oxygen atoms in total. The van der Waals surface area contributed by atoms with Crippen molar-refractivity contribution >= 4 is 5.78 Å². The van der Waals surface area contributed by atoms with Crippen LogP contribution in [0.4, 0.5) is 0 Å². The monoisotopic (exact) mass is 608 g/mol. The van der Waals surface area contributed by atoms with Crippen molar-refractivity contribution < 1.29 is 28.8 Å². The van der Waals surface area contributed by atoms with Crippen LogP contribution < -0.4 is 18.9 Å². The molecule has 234 valence electrons. The van der Waals surface area contributed by atoms with Crippen molar-refractivity contribution in [2.75, 3.05) is 48.5 Å². The van der Waals surface area contributed by atoms with Crippen LogP contribution in [0.25, 0.3) is 0 Å². The van der Waals surface area contributed by atoms with E-state index in [9.17, 15) is 9.90 Å². The first kappa shape index (κ1) is 29.4. The first-order chi connectivity index (χ1) is 21.7. The number of allylic oxidation sites excluding steroid dienone is 3. The number of fused-ring (bicyclic) bond motifs is 2. The molecule has 7 rings (SSSR count). The molecule has 3 aromatic carbocycles. The van der Waals surface area contributed by atoms with Crippen molar-refractivity contribution in [3.05, 3.63) is 99.8 Å². The van der Waals surface area contributed by atoms with Gasteiger partial charge in [-0.25, -0.2) is 0 Å². The van der Waals surface area contributed by atoms with Crippen molar-refractivity contribution in [3.63, 3.8) is 0 Å². The second-order valence-corrected chi connectivity index (χ2v) is 12.7. The third kappa shape index (κ3) is 4.87. The lowest BCUT2D eigenvalue weighted by Crippen LogP contribution is -2.33. The van der Waals surface area contributed by atoms with Gasteiger partial charge in [0.15, 0.2) is 28.8 Å². The molecule has 4 aliphatic rings. The van der Waals surface area contributed by atoms with Gasteiger partial charge in [0, 0.05) is 36.2 Å². The number of aromatic hydroxyl groups is 1. The quantitative estimate of drug-likeness (QED) is 0.379. The summed E-state index contributed by atoms with van der Waals surface area (Å²) in [6.07, 6.45) is 9.06. The molecule has 0 saturated carbocycles. The molecule has 0 amide bonds. The largest absolute Gasteiger partial charge is 0.504 e. The summed E-state index contributed by atoms with van der Waals surface area (Å²) in [7, 11) is 9.21. The number of rotatable bonds is 7. The summed E-state index contributed by atoms with van der Waals surface area (Å²) in [4.78, 5) is 17.9. The van der Waals surface area contributed by atoms with E-state index < -0.39 is 5.41 Å². The lowest BCUT2D eigenvalue weighted by Gasteiger charge is -2.35. The van der Waals surface area contributed by atoms with E-state index in [-0.39, 0.29) is 23.6 Å². The summed E-state index contributed by atoms with van der Waals surface area (Å²) >= 11 is 0. The van der Waals surface area contributed by atoms with Crippen LogP contribution in [0.5, 0.6) is 28.7 Å². The number of hydrogen-bond donors (Lipinski definition) is 1. The van der Waals surface area contributed by atoms with Gasteiger partial charge < -0.3 is 24.1 Å². The van der Waals surface area contributed by atoms with Crippen molar-refractivity contribution in [1.82, 2.24) is 9.80 Å². The number of nitrogens with zero attached hydrogens (tertiary/aromatic N) is 2. The van der Waals surface area contributed by atoms with Crippen LogP contribution in [0.1, 0.15) is 51.9 Å². The van der Waals surface area contributed by atoms with Crippen molar-refractivity contribution in [1.29, 1.82) is 0 Å². The number of likely N-dealkylation sites (N-methyl/N-ethyl adjacent to an activating group) is 2. The highest BCUT2D eigenvalue weighted by Gasteiger charge is 2.49. The number of benzene rings is 3. The summed E-state index contributed by atoms with van der Waals surface area (Å²) in [5, 5.41) is 10.5. The number of phenolic OH excluding ortho intramolecular Hbond substituents is 1. The third-order valence-electron chi connectivity index (χ3n) is 10.2. The predicted molar refractivity (Wildman–Crippen MR) is 172 cm³/mol. The Hall–Kier alpha value is -4.27. The van der Waals surface area contributed by atoms with E-state index in [2.05, 4.69) is 42.1 Å². The van der Waals surface area contributed by atoms with Crippen molar-refractivity contribution in [3.8, 4) is 28.7 Å². The molecule has 1 N–H and O–H groups in total. The molecule has 2 aliphatic heterocycles. The van der Waals surface area contributed by atoms with Gasteiger partial charge in [0.25, 0.3) is 0 Å². The van der Waals surface area contributed by atoms with Gasteiger partial charge in [-0.2, -0.15) is 0 Å². The van der Waals surface area contributed by atoms with Crippen LogP contribution in [0.2, 0.25) is 0 Å². The highest BCUT2D eigenvalue weighted by atomic mass is 16.5. The van der Waals surface area contributed by atoms with Gasteiger partial charge in [0.05, 0.1) is 21.3 Å². The number of hydrogen-bond acceptors (Lipinski definition) is 8. The first-order valence-corrected chi connectivity index (χ1v) is 15.6. The fraction of sp³-hybridized carbons (Fsp3) is 0.378. The van der Waals surface area contributed by atoms with E-state index in [1.54, 1.807) is 27.4 Å². The van der Waals surface area contributed by atoms with E-state index in [1.165, 1.54) is 16.7 Å². The average Bonchev–Trinajstić information content (AvgIpc) is 3.38. The normalized spacial score (nSPS) is 23.8. The zero-order valence-corrected chi connectivity index (χ0v) is 26.6. The van der Waals surface area contributed by atoms with Crippen LogP contribution in [0.3, 0.4) is 0 Å². The average molecular weight is 609 g/mol. The summed E-state index contributed by atoms with van der Waals surface area (Å²) in [5.74, 6) is 2.87. The molecule has 0 saturated heterocycles. The molecular formula is C37H40N2O6. The van der Waals surface area contributed by atoms with E-state index >= 15 is 0 Å². The second-order valence-electron chi connectivity index (χ2n) is 12.7. The lowest BCUT2D eigenvalue weighted by atomic mass is 9.77. The number of phenols is 1. The molecule has 3 aromatic rings. The lowest BCUT2D eigenvalue weighted by molar-refractivity contribution is -0.113. The molecule has 2 heterocycles. The van der Waals surface area contributed by atoms with Crippen molar-refractivity contribution in [2.45, 2.75) is 43.2 Å². The van der Waals surface area contributed by atoms with Crippen LogP contribution in [-0.4, -0.2) is 69.2 Å². The summed E-state index contributed by atoms with van der Waals surface area (Å²) in [6, 6.07) is 14.2. The molecule has 8 heteroatoms. The third-order valence-corrected chi connectivity index (χ3v) is 10.2. The highest BCUT2D eigenvalue weighted by molar-refractivity contribution is 6.04. The van der Waals surface area contributed by atoms with E-state index in [1.807, 2.05) is 36.4 Å². The number of ketones is 1. The molecule has 45 heavy (non-hydrogen) atoms. The van der Waals surface area contributed by atoms with Gasteiger partial charge in [-0.1, -0.05) is 18.2 Å². The molecule has 0 aromatic heterocycles. The Morgan fingerprint density at radius 2 is 1.62 bits per heavy atom. The standard InChI is InChI=1S/C37H40N2O6/c1-38-14-11-23-17-31(42-3)30(41)19-26(23)27(38)16-22-6-8-25(9-7-22)45-33-21-37(13-10-29(33)40)20-28-34-24(12-15-39(28)2)18-32(43-4)36(44-5)35(34)37/h6-10,13,17-19,21,27-28,41H,11-12,14-16,20H2,1-5H3. The van der Waals surface area contributed by atoms with Gasteiger partial charge in [0.2, 0.25) is 5.78 Å². The fourth-order valence-electron chi connectivity index (χ4n) is 7.80. The van der Waals surface area contributed by atoms with Crippen LogP contribution in [-0.2, 0) is 29.5 Å². The van der Waals surface area contributed by atoms with E-state index in [0.717, 1.165) is 55.5 Å². The highest BCUT2D eigenvalue weighted by Crippen LogP contribution is 2.58. The molecule has 0 radical (unpaired) electrons. The van der Waals surface area contributed by atoms with Crippen LogP contribution >= 0.6 is 0 Å². The van der Waals surface area contributed by atoms with Gasteiger partial charge in [-0.15, -0.1) is 0 Å². The zero-order chi connectivity index (χ0) is 31.5. The smallest absolute Gasteiger partial charge is 0.220 e. The number of carbonyl (C=O) groups excluding carboxylic acids is 1. The molecule has 0 bridgehead atoms. The molecular weight excluding hydrogens is 568 g/mol. The minimum atomic E-state index is -0.552. The minimum Gasteiger partial charge on any atom is -0.504 e. The maximum atomic E-state index is 13.2. The predicted octanol–water partition coefficient (Wildman–Crippen LogP) is 5.46. The Labute approximate surface area is 264 Å². The second kappa shape index (κ2) is 11.3. The summed E-state index contributed by atoms with van der Waals surface area (Å²) in [6.45, 7) is 1.89. The Bertz CT molecular complexity index is 1730. The van der Waals surface area contributed by atoms with E-state index in [4.69, 9.17) is 18.9 Å². The summed E-state index contributed by atoms with van der Waals surface area (Å²) < 4.78 is 23.4. The Balaban J connectivity index is 1.17. The maximum Gasteiger partial charge on any atom is 0.220 e. The summed E-state index contributed by atoms with van der Waals surface area (Å²) in [5.41, 5.74) is 6.54. The molecule has 3 atom stereocenters. The number of methoxy groups -OCH3 is 3. The topological polar surface area (TPSA) is 80.7 Å².